The molecule has 5 heteroatoms. The van der Waals surface area contributed by atoms with E-state index in [2.05, 4.69) is 5.32 Å². The number of carbonyl (C=O) groups is 3. The molecule has 0 bridgehead atoms. The first-order valence-corrected chi connectivity index (χ1v) is 6.26. The summed E-state index contributed by atoms with van der Waals surface area (Å²) in [5, 5.41) is 13.3. The quantitative estimate of drug-likeness (QED) is 0.816. The van der Waals surface area contributed by atoms with Crippen LogP contribution in [0.5, 0.6) is 0 Å². The van der Waals surface area contributed by atoms with E-state index < -0.39 is 11.9 Å². The molecule has 0 saturated heterocycles. The van der Waals surface area contributed by atoms with E-state index in [1.807, 2.05) is 0 Å². The highest BCUT2D eigenvalue weighted by atomic mass is 16.4. The maximum atomic E-state index is 12.0. The SMILES string of the molecule is O=C(CNC(=O)c1ccccc1C(=O)[O-])c1ccccc1. The van der Waals surface area contributed by atoms with Crippen LogP contribution in [-0.4, -0.2) is 24.2 Å². The molecule has 106 valence electrons. The molecule has 0 unspecified atom stereocenters. The van der Waals surface area contributed by atoms with Gasteiger partial charge in [0.25, 0.3) is 5.91 Å². The van der Waals surface area contributed by atoms with Gasteiger partial charge in [0.15, 0.2) is 5.78 Å². The smallest absolute Gasteiger partial charge is 0.252 e. The molecule has 2 aromatic rings. The third kappa shape index (κ3) is 3.54. The van der Waals surface area contributed by atoms with E-state index in [0.29, 0.717) is 5.56 Å². The molecule has 0 aliphatic rings. The van der Waals surface area contributed by atoms with Gasteiger partial charge in [0.2, 0.25) is 0 Å². The molecular weight excluding hydrogens is 270 g/mol. The summed E-state index contributed by atoms with van der Waals surface area (Å²) >= 11 is 0. The zero-order valence-corrected chi connectivity index (χ0v) is 11.0. The van der Waals surface area contributed by atoms with Crippen LogP contribution in [0, 0.1) is 0 Å². The van der Waals surface area contributed by atoms with Crippen molar-refractivity contribution in [2.75, 3.05) is 6.54 Å². The molecule has 2 rings (SSSR count). The molecule has 0 saturated carbocycles. The number of amides is 1. The van der Waals surface area contributed by atoms with E-state index in [4.69, 9.17) is 0 Å². The molecule has 21 heavy (non-hydrogen) atoms. The first kappa shape index (κ1) is 14.5. The van der Waals surface area contributed by atoms with Crippen molar-refractivity contribution in [3.8, 4) is 0 Å². The second-order valence-electron chi connectivity index (χ2n) is 4.30. The van der Waals surface area contributed by atoms with Crippen LogP contribution >= 0.6 is 0 Å². The van der Waals surface area contributed by atoms with Crippen LogP contribution in [0.2, 0.25) is 0 Å². The van der Waals surface area contributed by atoms with E-state index in [1.165, 1.54) is 18.2 Å². The summed E-state index contributed by atoms with van der Waals surface area (Å²) < 4.78 is 0. The molecular formula is C16H12NO4-. The minimum atomic E-state index is -1.44. The van der Waals surface area contributed by atoms with Gasteiger partial charge in [0.1, 0.15) is 0 Å². The maximum absolute atomic E-state index is 12.0. The number of benzene rings is 2. The Morgan fingerprint density at radius 3 is 2.05 bits per heavy atom. The lowest BCUT2D eigenvalue weighted by molar-refractivity contribution is -0.255. The second kappa shape index (κ2) is 6.47. The minimum absolute atomic E-state index is 0.0293. The molecule has 0 radical (unpaired) electrons. The van der Waals surface area contributed by atoms with Crippen molar-refractivity contribution in [2.45, 2.75) is 0 Å². The monoisotopic (exact) mass is 282 g/mol. The maximum Gasteiger partial charge on any atom is 0.252 e. The Kier molecular flexibility index (Phi) is 4.46. The third-order valence-corrected chi connectivity index (χ3v) is 2.90. The molecule has 2 aromatic carbocycles. The van der Waals surface area contributed by atoms with Crippen molar-refractivity contribution in [3.05, 3.63) is 71.3 Å². The van der Waals surface area contributed by atoms with Crippen molar-refractivity contribution < 1.29 is 19.5 Å². The van der Waals surface area contributed by atoms with Gasteiger partial charge >= 0.3 is 0 Å². The summed E-state index contributed by atoms with van der Waals surface area (Å²) in [7, 11) is 0. The Morgan fingerprint density at radius 1 is 0.857 bits per heavy atom. The lowest BCUT2D eigenvalue weighted by Crippen LogP contribution is -2.32. The largest absolute Gasteiger partial charge is 0.545 e. The highest BCUT2D eigenvalue weighted by Gasteiger charge is 2.13. The number of carboxylic acids is 1. The summed E-state index contributed by atoms with van der Waals surface area (Å²) in [5.41, 5.74) is 0.242. The molecule has 0 aliphatic heterocycles. The van der Waals surface area contributed by atoms with Crippen LogP contribution in [0.3, 0.4) is 0 Å². The van der Waals surface area contributed by atoms with Gasteiger partial charge < -0.3 is 15.2 Å². The molecule has 0 spiro atoms. The van der Waals surface area contributed by atoms with Gasteiger partial charge in [-0.05, 0) is 6.07 Å². The highest BCUT2D eigenvalue weighted by Crippen LogP contribution is 2.07. The predicted molar refractivity (Wildman–Crippen MR) is 73.9 cm³/mol. The fourth-order valence-electron chi connectivity index (χ4n) is 1.84. The van der Waals surface area contributed by atoms with E-state index in [-0.39, 0.29) is 23.5 Å². The molecule has 1 N–H and O–H groups in total. The Hall–Kier alpha value is -2.95. The van der Waals surface area contributed by atoms with Gasteiger partial charge in [0.05, 0.1) is 12.5 Å². The summed E-state index contributed by atoms with van der Waals surface area (Å²) in [6.07, 6.45) is 0. The molecule has 0 fully saturated rings. The third-order valence-electron chi connectivity index (χ3n) is 2.90. The van der Waals surface area contributed by atoms with Gasteiger partial charge in [-0.3, -0.25) is 9.59 Å². The summed E-state index contributed by atoms with van der Waals surface area (Å²) in [4.78, 5) is 34.7. The van der Waals surface area contributed by atoms with Crippen LogP contribution in [0.1, 0.15) is 31.1 Å². The lowest BCUT2D eigenvalue weighted by atomic mass is 10.1. The average molecular weight is 282 g/mol. The highest BCUT2D eigenvalue weighted by molar-refractivity contribution is 6.06. The Labute approximate surface area is 121 Å². The summed E-state index contributed by atoms with van der Waals surface area (Å²) in [6, 6.07) is 14.2. The number of Topliss-reactive ketones (excluding diaryl/α,β-unsaturated/α-hetero) is 1. The lowest BCUT2D eigenvalue weighted by Gasteiger charge is -2.10. The second-order valence-corrected chi connectivity index (χ2v) is 4.30. The van der Waals surface area contributed by atoms with Crippen LogP contribution in [0.25, 0.3) is 0 Å². The Balaban J connectivity index is 2.06. The fraction of sp³-hybridized carbons (Fsp3) is 0.0625. The Bertz CT molecular complexity index is 680. The Morgan fingerprint density at radius 2 is 1.43 bits per heavy atom. The molecule has 0 aromatic heterocycles. The zero-order chi connectivity index (χ0) is 15.2. The number of ketones is 1. The van der Waals surface area contributed by atoms with Gasteiger partial charge in [0, 0.05) is 16.7 Å². The van der Waals surface area contributed by atoms with Crippen LogP contribution in [0.4, 0.5) is 0 Å². The standard InChI is InChI=1S/C16H13NO4/c18-14(11-6-2-1-3-7-11)10-17-15(19)12-8-4-5-9-13(12)16(20)21/h1-9H,10H2,(H,17,19)(H,20,21)/p-1. The molecule has 0 aliphatic carbocycles. The number of aromatic carboxylic acids is 1. The van der Waals surface area contributed by atoms with Crippen molar-refractivity contribution >= 4 is 17.7 Å². The van der Waals surface area contributed by atoms with E-state index in [1.54, 1.807) is 36.4 Å². The average Bonchev–Trinajstić information content (AvgIpc) is 2.53. The van der Waals surface area contributed by atoms with Gasteiger partial charge in [-0.25, -0.2) is 0 Å². The zero-order valence-electron chi connectivity index (χ0n) is 11.0. The van der Waals surface area contributed by atoms with Crippen molar-refractivity contribution in [1.29, 1.82) is 0 Å². The molecule has 0 atom stereocenters. The topological polar surface area (TPSA) is 86.3 Å². The number of hydrogen-bond acceptors (Lipinski definition) is 4. The molecule has 1 amide bonds. The van der Waals surface area contributed by atoms with Crippen LogP contribution in [0.15, 0.2) is 54.6 Å². The summed E-state index contributed by atoms with van der Waals surface area (Å²) in [5.74, 6) is -2.32. The van der Waals surface area contributed by atoms with Gasteiger partial charge in [-0.2, -0.15) is 0 Å². The summed E-state index contributed by atoms with van der Waals surface area (Å²) in [6.45, 7) is -0.204. The normalized spacial score (nSPS) is 9.90. The first-order valence-electron chi connectivity index (χ1n) is 6.26. The number of rotatable bonds is 5. The van der Waals surface area contributed by atoms with Gasteiger partial charge in [-0.1, -0.05) is 48.5 Å². The number of hydrogen-bond donors (Lipinski definition) is 1. The van der Waals surface area contributed by atoms with E-state index in [9.17, 15) is 19.5 Å². The predicted octanol–water partition coefficient (Wildman–Crippen LogP) is 0.663. The van der Waals surface area contributed by atoms with Crippen molar-refractivity contribution in [2.24, 2.45) is 0 Å². The number of carboxylic acid groups (broad SMARTS) is 1. The van der Waals surface area contributed by atoms with Gasteiger partial charge in [-0.15, -0.1) is 0 Å². The van der Waals surface area contributed by atoms with Crippen LogP contribution < -0.4 is 10.4 Å². The minimum Gasteiger partial charge on any atom is -0.545 e. The fourth-order valence-corrected chi connectivity index (χ4v) is 1.84. The molecule has 5 nitrogen and oxygen atoms in total. The first-order chi connectivity index (χ1) is 10.1. The van der Waals surface area contributed by atoms with Crippen molar-refractivity contribution in [3.63, 3.8) is 0 Å². The number of carbonyl (C=O) groups excluding carboxylic acids is 3. The number of nitrogens with one attached hydrogen (secondary N) is 1. The van der Waals surface area contributed by atoms with E-state index >= 15 is 0 Å². The van der Waals surface area contributed by atoms with Crippen molar-refractivity contribution in [1.82, 2.24) is 5.32 Å². The van der Waals surface area contributed by atoms with E-state index in [0.717, 1.165) is 0 Å². The van der Waals surface area contributed by atoms with Crippen LogP contribution in [-0.2, 0) is 0 Å². The molecule has 0 heterocycles.